The van der Waals surface area contributed by atoms with E-state index in [1.807, 2.05) is 0 Å². The van der Waals surface area contributed by atoms with Crippen molar-refractivity contribution in [3.63, 3.8) is 0 Å². The van der Waals surface area contributed by atoms with Gasteiger partial charge in [-0.3, -0.25) is 19.0 Å². The Hall–Kier alpha value is -4.22. The van der Waals surface area contributed by atoms with Gasteiger partial charge in [-0.15, -0.1) is 0 Å². The number of fused-ring (bicyclic) bond motifs is 1. The summed E-state index contributed by atoms with van der Waals surface area (Å²) in [7, 11) is 5.97. The number of carbonyl (C=O) groups excluding carboxylic acids is 1. The summed E-state index contributed by atoms with van der Waals surface area (Å²) in [6.07, 6.45) is 1.30. The molecule has 12 heteroatoms. The first-order valence-corrected chi connectivity index (χ1v) is 10.1. The highest BCUT2D eigenvalue weighted by molar-refractivity contribution is 5.94. The van der Waals surface area contributed by atoms with E-state index in [2.05, 4.69) is 15.2 Å². The maximum Gasteiger partial charge on any atom is 0.329 e. The molecule has 2 heterocycles. The molecule has 1 N–H and O–H groups in total. The zero-order chi connectivity index (χ0) is 24.6. The van der Waals surface area contributed by atoms with Crippen molar-refractivity contribution < 1.29 is 23.0 Å². The van der Waals surface area contributed by atoms with Gasteiger partial charge < -0.3 is 14.4 Å². The van der Waals surface area contributed by atoms with Crippen LogP contribution in [0.3, 0.4) is 0 Å². The van der Waals surface area contributed by atoms with Gasteiger partial charge in [-0.2, -0.15) is 5.10 Å². The summed E-state index contributed by atoms with van der Waals surface area (Å²) >= 11 is 0. The van der Waals surface area contributed by atoms with Crippen LogP contribution in [0.1, 0.15) is 5.82 Å². The van der Waals surface area contributed by atoms with Gasteiger partial charge in [-0.05, 0) is 29.8 Å². The van der Waals surface area contributed by atoms with E-state index in [1.165, 1.54) is 58.8 Å². The number of benzene rings is 2. The van der Waals surface area contributed by atoms with Crippen LogP contribution >= 0.6 is 0 Å². The van der Waals surface area contributed by atoms with Crippen LogP contribution in [-0.4, -0.2) is 56.3 Å². The highest BCUT2D eigenvalue weighted by atomic mass is 19.1. The van der Waals surface area contributed by atoms with Crippen molar-refractivity contribution in [2.75, 3.05) is 21.2 Å². The van der Waals surface area contributed by atoms with Gasteiger partial charge in [0.25, 0.3) is 0 Å². The molecule has 2 aromatic carbocycles. The zero-order valence-electron chi connectivity index (χ0n) is 18.9. The van der Waals surface area contributed by atoms with Gasteiger partial charge in [0.1, 0.15) is 25.3 Å². The molecule has 0 bridgehead atoms. The number of methoxy groups -OCH3 is 1. The van der Waals surface area contributed by atoms with E-state index in [9.17, 15) is 14.0 Å². The van der Waals surface area contributed by atoms with Gasteiger partial charge in [0, 0.05) is 26.7 Å². The molecule has 0 saturated carbocycles. The molecule has 0 aliphatic carbocycles. The van der Waals surface area contributed by atoms with Gasteiger partial charge >= 0.3 is 5.69 Å². The lowest BCUT2D eigenvalue weighted by Crippen LogP contribution is -2.31. The lowest BCUT2D eigenvalue weighted by atomic mass is 10.0. The minimum Gasteiger partial charge on any atom is -0.493 e. The highest BCUT2D eigenvalue weighted by Crippen LogP contribution is 2.38. The minimum atomic E-state index is -0.751. The first kappa shape index (κ1) is 23.0. The number of likely N-dealkylation sites (N-methyl/N-ethyl adjacent to an activating group) is 1. The van der Waals surface area contributed by atoms with Crippen molar-refractivity contribution in [3.05, 3.63) is 58.5 Å². The average Bonchev–Trinajstić information content (AvgIpc) is 3.40. The molecule has 178 valence electrons. The summed E-state index contributed by atoms with van der Waals surface area (Å²) in [5.41, 5.74) is 0.566. The Kier molecular flexibility index (Phi) is 6.05. The Morgan fingerprint density at radius 3 is 2.62 bits per heavy atom. The maximum absolute atomic E-state index is 15.1. The van der Waals surface area contributed by atoms with Crippen molar-refractivity contribution in [2.24, 2.45) is 7.05 Å². The third-order valence-electron chi connectivity index (χ3n) is 5.35. The Balaban J connectivity index is 1.84. The molecule has 0 atom stereocenters. The van der Waals surface area contributed by atoms with Gasteiger partial charge in [0.2, 0.25) is 5.91 Å². The summed E-state index contributed by atoms with van der Waals surface area (Å²) in [5, 5.41) is 6.31. The number of H-pyrrole nitrogens is 1. The van der Waals surface area contributed by atoms with Crippen LogP contribution in [0.15, 0.2) is 35.4 Å². The standard InChI is InChI=1S/C22H22F2N6O4/c1-28(2)19(31)9-30-16-8-13(23)7-14(20(16)29(3)22(30)32)12-5-15(24)21(17(6-12)33-4)34-10-18-25-11-26-27-18/h5-8,11H,9-10H2,1-4H3,(H,25,26,27). The molecule has 0 saturated heterocycles. The zero-order valence-corrected chi connectivity index (χ0v) is 18.9. The van der Waals surface area contributed by atoms with Crippen LogP contribution in [-0.2, 0) is 25.0 Å². The molecule has 4 aromatic rings. The number of ether oxygens (including phenoxy) is 2. The minimum absolute atomic E-state index is 0.0687. The third kappa shape index (κ3) is 4.09. The van der Waals surface area contributed by atoms with Gasteiger partial charge in [-0.1, -0.05) is 0 Å². The molecular weight excluding hydrogens is 450 g/mol. The summed E-state index contributed by atoms with van der Waals surface area (Å²) in [6.45, 7) is -0.341. The summed E-state index contributed by atoms with van der Waals surface area (Å²) in [5.74, 6) is -1.43. The number of rotatable bonds is 7. The topological polar surface area (TPSA) is 107 Å². The van der Waals surface area contributed by atoms with Crippen molar-refractivity contribution in [2.45, 2.75) is 13.2 Å². The first-order valence-electron chi connectivity index (χ1n) is 10.1. The number of hydrogen-bond acceptors (Lipinski definition) is 6. The molecule has 0 radical (unpaired) electrons. The maximum atomic E-state index is 15.1. The predicted octanol–water partition coefficient (Wildman–Crippen LogP) is 2.08. The molecule has 10 nitrogen and oxygen atoms in total. The fourth-order valence-corrected chi connectivity index (χ4v) is 3.63. The van der Waals surface area contributed by atoms with Crippen molar-refractivity contribution >= 4 is 16.9 Å². The number of halogens is 2. The summed E-state index contributed by atoms with van der Waals surface area (Å²) < 4.78 is 43.0. The number of nitrogens with one attached hydrogen (secondary N) is 1. The van der Waals surface area contributed by atoms with Crippen molar-refractivity contribution in [1.82, 2.24) is 29.2 Å². The van der Waals surface area contributed by atoms with E-state index in [0.717, 1.165) is 0 Å². The van der Waals surface area contributed by atoms with Gasteiger partial charge in [0.15, 0.2) is 23.1 Å². The van der Waals surface area contributed by atoms with E-state index in [0.29, 0.717) is 11.3 Å². The quantitative estimate of drug-likeness (QED) is 0.441. The van der Waals surface area contributed by atoms with Crippen molar-refractivity contribution in [3.8, 4) is 22.6 Å². The Morgan fingerprint density at radius 1 is 1.21 bits per heavy atom. The van der Waals surface area contributed by atoms with Gasteiger partial charge in [-0.25, -0.2) is 18.6 Å². The molecule has 0 fully saturated rings. The fourth-order valence-electron chi connectivity index (χ4n) is 3.63. The van der Waals surface area contributed by atoms with Crippen LogP contribution in [0, 0.1) is 11.6 Å². The van der Waals surface area contributed by atoms with E-state index in [1.54, 1.807) is 14.1 Å². The number of carbonyl (C=O) groups is 1. The lowest BCUT2D eigenvalue weighted by molar-refractivity contribution is -0.129. The van der Waals surface area contributed by atoms with Crippen LogP contribution in [0.4, 0.5) is 8.78 Å². The molecule has 34 heavy (non-hydrogen) atoms. The largest absolute Gasteiger partial charge is 0.493 e. The molecule has 2 aromatic heterocycles. The highest BCUT2D eigenvalue weighted by Gasteiger charge is 2.22. The number of hydrogen-bond donors (Lipinski definition) is 1. The summed E-state index contributed by atoms with van der Waals surface area (Å²) in [4.78, 5) is 30.4. The second-order valence-corrected chi connectivity index (χ2v) is 7.75. The van der Waals surface area contributed by atoms with E-state index in [4.69, 9.17) is 9.47 Å². The molecule has 4 rings (SSSR count). The monoisotopic (exact) mass is 472 g/mol. The number of aryl methyl sites for hydroxylation is 1. The smallest absolute Gasteiger partial charge is 0.329 e. The third-order valence-corrected chi connectivity index (χ3v) is 5.35. The lowest BCUT2D eigenvalue weighted by Gasteiger charge is -2.14. The Morgan fingerprint density at radius 2 is 1.97 bits per heavy atom. The van der Waals surface area contributed by atoms with Crippen LogP contribution in [0.25, 0.3) is 22.2 Å². The molecular formula is C22H22F2N6O4. The summed E-state index contributed by atoms with van der Waals surface area (Å²) in [6, 6.07) is 5.02. The molecule has 0 aliphatic heterocycles. The Bertz CT molecular complexity index is 1430. The van der Waals surface area contributed by atoms with Crippen LogP contribution in [0.2, 0.25) is 0 Å². The second kappa shape index (κ2) is 8.96. The predicted molar refractivity (Wildman–Crippen MR) is 118 cm³/mol. The first-order chi connectivity index (χ1) is 16.2. The molecule has 0 aliphatic rings. The van der Waals surface area contributed by atoms with E-state index in [-0.39, 0.29) is 47.2 Å². The molecule has 0 spiro atoms. The normalized spacial score (nSPS) is 11.1. The second-order valence-electron chi connectivity index (χ2n) is 7.75. The number of aromatic amines is 1. The van der Waals surface area contributed by atoms with Crippen LogP contribution < -0.4 is 15.2 Å². The number of imidazole rings is 1. The van der Waals surface area contributed by atoms with Crippen LogP contribution in [0.5, 0.6) is 11.5 Å². The number of aromatic nitrogens is 5. The average molecular weight is 472 g/mol. The van der Waals surface area contributed by atoms with Crippen molar-refractivity contribution in [1.29, 1.82) is 0 Å². The molecule has 1 amide bonds. The van der Waals surface area contributed by atoms with E-state index < -0.39 is 17.3 Å². The Labute approximate surface area is 192 Å². The van der Waals surface area contributed by atoms with Gasteiger partial charge in [0.05, 0.1) is 18.1 Å². The molecule has 0 unspecified atom stereocenters. The number of amides is 1. The fraction of sp³-hybridized carbons (Fsp3) is 0.273. The SMILES string of the molecule is COc1cc(-c2cc(F)cc3c2n(C)c(=O)n3CC(=O)N(C)C)cc(F)c1OCc1ncn[nH]1. The van der Waals surface area contributed by atoms with E-state index >= 15 is 4.39 Å². The number of nitrogens with zero attached hydrogens (tertiary/aromatic N) is 5.